The molecule has 3 saturated heterocycles. The van der Waals surface area contributed by atoms with Gasteiger partial charge in [-0.3, -0.25) is 9.59 Å². The number of piperidine rings is 2. The molecule has 3 rings (SSSR count). The molecule has 3 fully saturated rings. The van der Waals surface area contributed by atoms with Crippen LogP contribution in [0.4, 0.5) is 0 Å². The van der Waals surface area contributed by atoms with Gasteiger partial charge in [-0.15, -0.1) is 0 Å². The van der Waals surface area contributed by atoms with E-state index in [1.165, 1.54) is 8.61 Å². The van der Waals surface area contributed by atoms with E-state index in [-0.39, 0.29) is 13.1 Å². The molecule has 0 N–H and O–H groups in total. The molecule has 0 bridgehead atoms. The van der Waals surface area contributed by atoms with Crippen LogP contribution in [0.15, 0.2) is 0 Å². The van der Waals surface area contributed by atoms with Crippen molar-refractivity contribution in [3.05, 3.63) is 0 Å². The van der Waals surface area contributed by atoms with E-state index in [1.807, 2.05) is 0 Å². The van der Waals surface area contributed by atoms with Crippen molar-refractivity contribution < 1.29 is 22.7 Å². The van der Waals surface area contributed by atoms with E-state index in [4.69, 9.17) is 0 Å². The SMILES string of the molecule is CC1CCN(S(=O)(=O)N2CCC3C(=O)OC(=O)C3C2)CC1. The molecule has 8 heteroatoms. The molecule has 0 aliphatic carbocycles. The minimum atomic E-state index is -3.54. The number of carbonyl (C=O) groups excluding carboxylic acids is 2. The quantitative estimate of drug-likeness (QED) is 0.528. The van der Waals surface area contributed by atoms with E-state index >= 15 is 0 Å². The highest BCUT2D eigenvalue weighted by Gasteiger charge is 2.50. The van der Waals surface area contributed by atoms with Gasteiger partial charge in [-0.2, -0.15) is 17.0 Å². The third-order valence-corrected chi connectivity index (χ3v) is 6.78. The summed E-state index contributed by atoms with van der Waals surface area (Å²) in [5.41, 5.74) is 0. The van der Waals surface area contributed by atoms with E-state index in [9.17, 15) is 18.0 Å². The Morgan fingerprint density at radius 2 is 1.52 bits per heavy atom. The van der Waals surface area contributed by atoms with Crippen LogP contribution in [0.3, 0.4) is 0 Å². The molecule has 7 nitrogen and oxygen atoms in total. The Hall–Kier alpha value is -0.990. The molecule has 3 heterocycles. The van der Waals surface area contributed by atoms with Crippen LogP contribution in [0.5, 0.6) is 0 Å². The van der Waals surface area contributed by atoms with Crippen LogP contribution in [-0.4, -0.2) is 55.1 Å². The largest absolute Gasteiger partial charge is 0.393 e. The van der Waals surface area contributed by atoms with Crippen molar-refractivity contribution >= 4 is 22.1 Å². The lowest BCUT2D eigenvalue weighted by Crippen LogP contribution is -2.52. The van der Waals surface area contributed by atoms with E-state index in [0.29, 0.717) is 25.4 Å². The Balaban J connectivity index is 1.72. The van der Waals surface area contributed by atoms with Gasteiger partial charge < -0.3 is 4.74 Å². The molecule has 2 unspecified atom stereocenters. The number of esters is 2. The first-order valence-corrected chi connectivity index (χ1v) is 8.80. The molecule has 0 radical (unpaired) electrons. The van der Waals surface area contributed by atoms with E-state index in [1.54, 1.807) is 0 Å². The number of hydrogen-bond donors (Lipinski definition) is 0. The molecule has 0 aromatic carbocycles. The molecule has 0 aromatic rings. The second-order valence-corrected chi connectivity index (χ2v) is 8.12. The molecule has 0 aromatic heterocycles. The predicted octanol–water partition coefficient (Wildman–Crippen LogP) is -0.0154. The van der Waals surface area contributed by atoms with Gasteiger partial charge in [0.2, 0.25) is 0 Å². The zero-order chi connectivity index (χ0) is 15.2. The predicted molar refractivity (Wildman–Crippen MR) is 73.2 cm³/mol. The van der Waals surface area contributed by atoms with Crippen LogP contribution in [-0.2, 0) is 24.5 Å². The van der Waals surface area contributed by atoms with Crippen molar-refractivity contribution in [3.63, 3.8) is 0 Å². The normalized spacial score (nSPS) is 33.0. The number of cyclic esters (lactones) is 2. The van der Waals surface area contributed by atoms with Crippen LogP contribution < -0.4 is 0 Å². The molecule has 21 heavy (non-hydrogen) atoms. The Morgan fingerprint density at radius 3 is 2.19 bits per heavy atom. The van der Waals surface area contributed by atoms with E-state index < -0.39 is 34.0 Å². The summed E-state index contributed by atoms with van der Waals surface area (Å²) in [6, 6.07) is 0. The van der Waals surface area contributed by atoms with Gasteiger partial charge in [-0.25, -0.2) is 0 Å². The number of rotatable bonds is 2. The molecule has 0 saturated carbocycles. The van der Waals surface area contributed by atoms with E-state index in [0.717, 1.165) is 12.8 Å². The maximum Gasteiger partial charge on any atom is 0.318 e. The maximum atomic E-state index is 12.6. The molecular formula is C13H20N2O5S. The summed E-state index contributed by atoms with van der Waals surface area (Å²) < 4.78 is 32.7. The minimum absolute atomic E-state index is 0.0592. The molecular weight excluding hydrogens is 296 g/mol. The molecule has 3 aliphatic rings. The van der Waals surface area contributed by atoms with Gasteiger partial charge in [-0.05, 0) is 25.2 Å². The highest BCUT2D eigenvalue weighted by molar-refractivity contribution is 7.86. The topological polar surface area (TPSA) is 84.0 Å². The second-order valence-electron chi connectivity index (χ2n) is 6.19. The summed E-state index contributed by atoms with van der Waals surface area (Å²) in [4.78, 5) is 23.1. The summed E-state index contributed by atoms with van der Waals surface area (Å²) in [6.45, 7) is 3.51. The van der Waals surface area contributed by atoms with Gasteiger partial charge in [0.1, 0.15) is 0 Å². The summed E-state index contributed by atoms with van der Waals surface area (Å²) in [6.07, 6.45) is 2.08. The number of hydrogen-bond acceptors (Lipinski definition) is 5. The third-order valence-electron chi connectivity index (χ3n) is 4.78. The van der Waals surface area contributed by atoms with Crippen molar-refractivity contribution in [1.82, 2.24) is 8.61 Å². The molecule has 0 spiro atoms. The molecule has 118 valence electrons. The number of nitrogens with zero attached hydrogens (tertiary/aromatic N) is 2. The Bertz CT molecular complexity index is 553. The van der Waals surface area contributed by atoms with Crippen molar-refractivity contribution in [2.75, 3.05) is 26.2 Å². The maximum absolute atomic E-state index is 12.6. The summed E-state index contributed by atoms with van der Waals surface area (Å²) in [7, 11) is -3.54. The number of fused-ring (bicyclic) bond motifs is 1. The van der Waals surface area contributed by atoms with Crippen LogP contribution in [0.2, 0.25) is 0 Å². The second kappa shape index (κ2) is 5.33. The smallest absolute Gasteiger partial charge is 0.318 e. The van der Waals surface area contributed by atoms with Crippen molar-refractivity contribution in [2.24, 2.45) is 17.8 Å². The monoisotopic (exact) mass is 316 g/mol. The van der Waals surface area contributed by atoms with Gasteiger partial charge in [0.05, 0.1) is 11.8 Å². The van der Waals surface area contributed by atoms with Crippen LogP contribution in [0.25, 0.3) is 0 Å². The number of carbonyl (C=O) groups is 2. The average molecular weight is 316 g/mol. The van der Waals surface area contributed by atoms with Crippen molar-refractivity contribution in [3.8, 4) is 0 Å². The summed E-state index contributed by atoms with van der Waals surface area (Å²) in [5, 5.41) is 0. The molecule has 2 atom stereocenters. The zero-order valence-corrected chi connectivity index (χ0v) is 12.8. The number of ether oxygens (including phenoxy) is 1. The fourth-order valence-electron chi connectivity index (χ4n) is 3.28. The molecule has 0 amide bonds. The first-order valence-electron chi connectivity index (χ1n) is 7.40. The summed E-state index contributed by atoms with van der Waals surface area (Å²) in [5.74, 6) is -1.65. The van der Waals surface area contributed by atoms with Crippen LogP contribution in [0, 0.1) is 17.8 Å². The van der Waals surface area contributed by atoms with Gasteiger partial charge in [-0.1, -0.05) is 6.92 Å². The van der Waals surface area contributed by atoms with Crippen LogP contribution >= 0.6 is 0 Å². The Kier molecular flexibility index (Phi) is 3.79. The van der Waals surface area contributed by atoms with E-state index in [2.05, 4.69) is 11.7 Å². The van der Waals surface area contributed by atoms with Crippen LogP contribution in [0.1, 0.15) is 26.2 Å². The van der Waals surface area contributed by atoms with Gasteiger partial charge in [0.15, 0.2) is 0 Å². The van der Waals surface area contributed by atoms with Crippen molar-refractivity contribution in [2.45, 2.75) is 26.2 Å². The standard InChI is InChI=1S/C13H20N2O5S/c1-9-2-5-14(6-3-9)21(18,19)15-7-4-10-11(8-15)13(17)20-12(10)16/h9-11H,2-8H2,1H3. The fraction of sp³-hybridized carbons (Fsp3) is 0.846. The Labute approximate surface area is 124 Å². The highest BCUT2D eigenvalue weighted by atomic mass is 32.2. The lowest BCUT2D eigenvalue weighted by Gasteiger charge is -2.37. The van der Waals surface area contributed by atoms with Gasteiger partial charge >= 0.3 is 11.9 Å². The van der Waals surface area contributed by atoms with Gasteiger partial charge in [0.25, 0.3) is 10.2 Å². The third kappa shape index (κ3) is 2.60. The van der Waals surface area contributed by atoms with Crippen molar-refractivity contribution in [1.29, 1.82) is 0 Å². The first-order chi connectivity index (χ1) is 9.89. The Morgan fingerprint density at radius 1 is 0.952 bits per heavy atom. The highest BCUT2D eigenvalue weighted by Crippen LogP contribution is 2.33. The summed E-state index contributed by atoms with van der Waals surface area (Å²) >= 11 is 0. The van der Waals surface area contributed by atoms with Gasteiger partial charge in [0, 0.05) is 26.2 Å². The minimum Gasteiger partial charge on any atom is -0.393 e. The first kappa shape index (κ1) is 14.9. The lowest BCUT2D eigenvalue weighted by molar-refractivity contribution is -0.153. The average Bonchev–Trinajstić information content (AvgIpc) is 2.74. The lowest BCUT2D eigenvalue weighted by atomic mass is 9.89. The molecule has 3 aliphatic heterocycles. The zero-order valence-electron chi connectivity index (χ0n) is 12.0. The fourth-order valence-corrected chi connectivity index (χ4v) is 4.97.